The van der Waals surface area contributed by atoms with Crippen LogP contribution in [-0.2, 0) is 0 Å². The molecule has 2 heteroatoms. The summed E-state index contributed by atoms with van der Waals surface area (Å²) in [6.07, 6.45) is 5.33. The molecule has 9 heavy (non-hydrogen) atoms. The Morgan fingerprint density at radius 1 is 1.89 bits per heavy atom. The molecule has 0 aromatic heterocycles. The molecule has 0 amide bonds. The van der Waals surface area contributed by atoms with Gasteiger partial charge in [0, 0.05) is 0 Å². The maximum atomic E-state index is 5.51. The second-order valence-corrected chi connectivity index (χ2v) is 2.47. The molecular formula is C7H11B2. The highest BCUT2D eigenvalue weighted by Gasteiger charge is 2.15. The average molecular weight is 117 g/mol. The zero-order valence-corrected chi connectivity index (χ0v) is 5.93. The highest BCUT2D eigenvalue weighted by atomic mass is 14.1. The zero-order chi connectivity index (χ0) is 6.69. The van der Waals surface area contributed by atoms with Gasteiger partial charge in [-0.2, -0.15) is 0 Å². The van der Waals surface area contributed by atoms with Gasteiger partial charge in [0.1, 0.15) is 7.28 Å². The van der Waals surface area contributed by atoms with Crippen molar-refractivity contribution >= 4 is 15.1 Å². The Bertz CT molecular complexity index is 118. The van der Waals surface area contributed by atoms with E-state index in [1.807, 2.05) is 0 Å². The highest BCUT2D eigenvalue weighted by Crippen LogP contribution is 2.29. The smallest absolute Gasteiger partial charge is 0.0943 e. The predicted octanol–water partition coefficient (Wildman–Crippen LogP) is 1.83. The zero-order valence-electron chi connectivity index (χ0n) is 5.93. The number of hydrogen-bond donors (Lipinski definition) is 0. The van der Waals surface area contributed by atoms with Gasteiger partial charge < -0.3 is 0 Å². The molecule has 1 unspecified atom stereocenters. The molecule has 0 aliphatic carbocycles. The van der Waals surface area contributed by atoms with Crippen molar-refractivity contribution in [1.29, 1.82) is 0 Å². The Morgan fingerprint density at radius 2 is 2.67 bits per heavy atom. The van der Waals surface area contributed by atoms with Crippen LogP contribution in [0.3, 0.4) is 0 Å². The first-order valence-electron chi connectivity index (χ1n) is 3.60. The second-order valence-electron chi connectivity index (χ2n) is 2.47. The molecule has 0 fully saturated rings. The Hall–Kier alpha value is -0.130. The van der Waals surface area contributed by atoms with E-state index < -0.39 is 0 Å². The fourth-order valence-electron chi connectivity index (χ4n) is 1.35. The molecule has 1 heterocycles. The fraction of sp³-hybridized carbons (Fsp3) is 0.714. The van der Waals surface area contributed by atoms with Crippen LogP contribution in [0.25, 0.3) is 0 Å². The van der Waals surface area contributed by atoms with Crippen LogP contribution >= 0.6 is 0 Å². The van der Waals surface area contributed by atoms with Crippen LogP contribution in [0.2, 0.25) is 18.5 Å². The summed E-state index contributed by atoms with van der Waals surface area (Å²) in [5.41, 5.74) is 1.43. The lowest BCUT2D eigenvalue weighted by Gasteiger charge is -2.08. The van der Waals surface area contributed by atoms with Crippen molar-refractivity contribution < 1.29 is 0 Å². The Balaban J connectivity index is 2.47. The maximum Gasteiger partial charge on any atom is 0.124 e. The molecular weight excluding hydrogens is 106 g/mol. The molecule has 0 spiro atoms. The molecule has 1 atom stereocenters. The summed E-state index contributed by atoms with van der Waals surface area (Å²) in [5, 5.41) is 0. The van der Waals surface area contributed by atoms with Gasteiger partial charge in [0.2, 0.25) is 0 Å². The van der Waals surface area contributed by atoms with Crippen LogP contribution in [0.15, 0.2) is 11.6 Å². The maximum absolute atomic E-state index is 5.51. The molecule has 0 nitrogen and oxygen atoms in total. The molecule has 0 N–H and O–H groups in total. The van der Waals surface area contributed by atoms with Crippen LogP contribution < -0.4 is 0 Å². The molecule has 1 aliphatic rings. The lowest BCUT2D eigenvalue weighted by Crippen LogP contribution is -1.96. The summed E-state index contributed by atoms with van der Waals surface area (Å²) in [5.74, 6) is 0.690. The lowest BCUT2D eigenvalue weighted by atomic mass is 9.62. The van der Waals surface area contributed by atoms with E-state index in [4.69, 9.17) is 7.85 Å². The van der Waals surface area contributed by atoms with E-state index in [1.165, 1.54) is 12.0 Å². The monoisotopic (exact) mass is 117 g/mol. The minimum Gasteiger partial charge on any atom is -0.0943 e. The first kappa shape index (κ1) is 6.98. The third-order valence-electron chi connectivity index (χ3n) is 1.95. The SMILES string of the molecule is [B]CC1=CC[B]C1CC. The molecule has 45 valence electrons. The molecule has 0 saturated carbocycles. The van der Waals surface area contributed by atoms with Gasteiger partial charge in [0.15, 0.2) is 0 Å². The van der Waals surface area contributed by atoms with Crippen molar-refractivity contribution in [2.75, 3.05) is 0 Å². The van der Waals surface area contributed by atoms with Crippen LogP contribution in [0.1, 0.15) is 13.3 Å². The molecule has 0 bridgehead atoms. The molecule has 3 radical (unpaired) electrons. The van der Waals surface area contributed by atoms with E-state index >= 15 is 0 Å². The first-order chi connectivity index (χ1) is 4.38. The van der Waals surface area contributed by atoms with E-state index in [2.05, 4.69) is 20.3 Å². The highest BCUT2D eigenvalue weighted by molar-refractivity contribution is 6.41. The van der Waals surface area contributed by atoms with Gasteiger partial charge in [-0.3, -0.25) is 0 Å². The van der Waals surface area contributed by atoms with Crippen molar-refractivity contribution in [3.05, 3.63) is 11.6 Å². The van der Waals surface area contributed by atoms with E-state index in [0.29, 0.717) is 5.82 Å². The summed E-state index contributed by atoms with van der Waals surface area (Å²) in [7, 11) is 7.85. The van der Waals surface area contributed by atoms with E-state index in [0.717, 1.165) is 12.6 Å². The topological polar surface area (TPSA) is 0 Å². The van der Waals surface area contributed by atoms with E-state index in [-0.39, 0.29) is 0 Å². The Kier molecular flexibility index (Phi) is 2.44. The van der Waals surface area contributed by atoms with Gasteiger partial charge in [0.05, 0.1) is 7.85 Å². The fourth-order valence-corrected chi connectivity index (χ4v) is 1.35. The van der Waals surface area contributed by atoms with E-state index in [9.17, 15) is 0 Å². The number of hydrogen-bond acceptors (Lipinski definition) is 0. The Labute approximate surface area is 59.4 Å². The number of rotatable bonds is 2. The predicted molar refractivity (Wildman–Crippen MR) is 43.2 cm³/mol. The normalized spacial score (nSPS) is 25.4. The summed E-state index contributed by atoms with van der Waals surface area (Å²) in [6, 6.07) is 0. The molecule has 0 saturated heterocycles. The van der Waals surface area contributed by atoms with Crippen molar-refractivity contribution in [1.82, 2.24) is 0 Å². The van der Waals surface area contributed by atoms with Gasteiger partial charge >= 0.3 is 0 Å². The molecule has 0 aromatic carbocycles. The second kappa shape index (κ2) is 3.14. The van der Waals surface area contributed by atoms with Crippen molar-refractivity contribution in [3.8, 4) is 0 Å². The number of allylic oxidation sites excluding steroid dienone is 2. The van der Waals surface area contributed by atoms with Crippen LogP contribution in [-0.4, -0.2) is 15.1 Å². The van der Waals surface area contributed by atoms with Crippen molar-refractivity contribution in [2.24, 2.45) is 0 Å². The quantitative estimate of drug-likeness (QED) is 0.382. The van der Waals surface area contributed by atoms with Crippen molar-refractivity contribution in [3.63, 3.8) is 0 Å². The van der Waals surface area contributed by atoms with Gasteiger partial charge in [0.25, 0.3) is 0 Å². The Morgan fingerprint density at radius 3 is 3.11 bits per heavy atom. The van der Waals surface area contributed by atoms with Gasteiger partial charge in [-0.25, -0.2) is 0 Å². The lowest BCUT2D eigenvalue weighted by molar-refractivity contribution is 0.903. The van der Waals surface area contributed by atoms with Crippen LogP contribution in [0, 0.1) is 0 Å². The summed E-state index contributed by atoms with van der Waals surface area (Å²) in [6.45, 7) is 2.20. The first-order valence-corrected chi connectivity index (χ1v) is 3.60. The molecule has 1 aliphatic heterocycles. The van der Waals surface area contributed by atoms with Crippen LogP contribution in [0.5, 0.6) is 0 Å². The summed E-state index contributed by atoms with van der Waals surface area (Å²) in [4.78, 5) is 0. The van der Waals surface area contributed by atoms with Crippen molar-refractivity contribution in [2.45, 2.75) is 31.8 Å². The third-order valence-corrected chi connectivity index (χ3v) is 1.95. The van der Waals surface area contributed by atoms with Gasteiger partial charge in [-0.05, 0) is 5.82 Å². The summed E-state index contributed by atoms with van der Waals surface area (Å²) < 4.78 is 0. The third kappa shape index (κ3) is 1.41. The standard InChI is InChI=1S/C7H11B2/c1-2-7-6(5-8)3-4-9-7/h3,7H,2,4-5H2,1H3. The average Bonchev–Trinajstić information content (AvgIpc) is 2.33. The van der Waals surface area contributed by atoms with Gasteiger partial charge in [-0.15, -0.1) is 0 Å². The van der Waals surface area contributed by atoms with Crippen LogP contribution in [0.4, 0.5) is 0 Å². The minimum absolute atomic E-state index is 0.690. The molecule has 0 aromatic rings. The van der Waals surface area contributed by atoms with E-state index in [1.54, 1.807) is 0 Å². The van der Waals surface area contributed by atoms with Gasteiger partial charge in [-0.1, -0.05) is 37.6 Å². The largest absolute Gasteiger partial charge is 0.124 e. The minimum atomic E-state index is 0.690. The summed E-state index contributed by atoms with van der Waals surface area (Å²) >= 11 is 0. The molecule has 1 rings (SSSR count).